The van der Waals surface area contributed by atoms with Gasteiger partial charge in [-0.3, -0.25) is 9.97 Å². The molecule has 6 heterocycles. The Kier molecular flexibility index (Phi) is 26.3. The molecule has 0 radical (unpaired) electrons. The molecule has 0 fully saturated rings. The number of carboxylic acid groups (broad SMARTS) is 1. The Bertz CT molecular complexity index is 2100. The van der Waals surface area contributed by atoms with Crippen molar-refractivity contribution in [1.29, 1.82) is 0 Å². The molecule has 61 heavy (non-hydrogen) atoms. The van der Waals surface area contributed by atoms with E-state index < -0.39 is 24.3 Å². The Morgan fingerprint density at radius 1 is 0.590 bits per heavy atom. The molecule has 0 aliphatic carbocycles. The summed E-state index contributed by atoms with van der Waals surface area (Å²) in [6, 6.07) is 17.4. The maximum absolute atomic E-state index is 11.6. The molecule has 328 valence electrons. The number of halogens is 1. The zero-order chi connectivity index (χ0) is 43.6. The molecular weight excluding hydrogens is 1000 g/mol. The number of carbonyl (C=O) groups excluding carboxylic acids is 2. The van der Waals surface area contributed by atoms with Crippen LogP contribution >= 0.6 is 49.9 Å². The van der Waals surface area contributed by atoms with Crippen molar-refractivity contribution in [1.82, 2.24) is 29.9 Å². The van der Waals surface area contributed by atoms with Gasteiger partial charge in [-0.25, -0.2) is 29.3 Å². The number of aromatic carboxylic acids is 1. The molecule has 0 aliphatic heterocycles. The molecule has 0 atom stereocenters. The largest absolute Gasteiger partial charge is 0.477 e. The number of carboxylic acids is 1. The number of carbonyl (C=O) groups is 3. The summed E-state index contributed by atoms with van der Waals surface area (Å²) in [5, 5.41) is 8.86. The molecule has 6 aromatic rings. The summed E-state index contributed by atoms with van der Waals surface area (Å²) in [6.45, 7) is 11.3. The van der Waals surface area contributed by atoms with E-state index in [1.807, 2.05) is 24.4 Å². The third-order valence-electron chi connectivity index (χ3n) is 8.82. The molecule has 0 unspecified atom stereocenters. The molecular formula is C44H57BrN6O6S3Sn. The minimum absolute atomic E-state index is 0. The Balaban J connectivity index is 0.000000283. The molecule has 12 nitrogen and oxygen atoms in total. The van der Waals surface area contributed by atoms with Crippen LogP contribution in [0.3, 0.4) is 0 Å². The summed E-state index contributed by atoms with van der Waals surface area (Å²) in [5.41, 5.74) is 7.02. The number of esters is 2. The number of unbranched alkanes of at least 4 members (excludes halogenated alkanes) is 3. The molecule has 6 aromatic heterocycles. The van der Waals surface area contributed by atoms with E-state index in [1.54, 1.807) is 59.2 Å². The summed E-state index contributed by atoms with van der Waals surface area (Å²) in [5.74, 6) is -1.62. The van der Waals surface area contributed by atoms with Gasteiger partial charge in [-0.05, 0) is 54.0 Å². The van der Waals surface area contributed by atoms with Crippen molar-refractivity contribution in [3.8, 4) is 22.8 Å². The van der Waals surface area contributed by atoms with E-state index in [2.05, 4.69) is 79.8 Å². The third-order valence-corrected chi connectivity index (χ3v) is 27.3. The van der Waals surface area contributed by atoms with Crippen LogP contribution in [0.15, 0.2) is 94.3 Å². The van der Waals surface area contributed by atoms with Crippen LogP contribution in [0, 0.1) is 0 Å². The van der Waals surface area contributed by atoms with E-state index in [4.69, 9.17) is 19.6 Å². The van der Waals surface area contributed by atoms with E-state index >= 15 is 0 Å². The monoisotopic (exact) mass is 1060 g/mol. The van der Waals surface area contributed by atoms with Crippen molar-refractivity contribution in [3.05, 3.63) is 109 Å². The molecule has 1 N–H and O–H groups in total. The van der Waals surface area contributed by atoms with Crippen molar-refractivity contribution in [2.45, 2.75) is 93.9 Å². The van der Waals surface area contributed by atoms with Gasteiger partial charge in [0.2, 0.25) is 0 Å². The van der Waals surface area contributed by atoms with Crippen molar-refractivity contribution in [2.24, 2.45) is 0 Å². The second kappa shape index (κ2) is 30.1. The summed E-state index contributed by atoms with van der Waals surface area (Å²) in [4.78, 5) is 59.7. The van der Waals surface area contributed by atoms with Crippen LogP contribution in [0.4, 0.5) is 0 Å². The number of ether oxygens (including phenoxy) is 2. The maximum Gasteiger partial charge on any atom is 0.351 e. The predicted molar refractivity (Wildman–Crippen MR) is 255 cm³/mol. The van der Waals surface area contributed by atoms with Gasteiger partial charge in [-0.1, -0.05) is 19.6 Å². The minimum Gasteiger partial charge on any atom is -0.477 e. The first-order chi connectivity index (χ1) is 29.2. The van der Waals surface area contributed by atoms with Crippen molar-refractivity contribution in [2.75, 3.05) is 13.2 Å². The van der Waals surface area contributed by atoms with E-state index in [1.165, 1.54) is 80.0 Å². The topological polar surface area (TPSA) is 167 Å². The van der Waals surface area contributed by atoms with Gasteiger partial charge in [0.05, 0.1) is 41.1 Å². The van der Waals surface area contributed by atoms with Crippen LogP contribution in [0.2, 0.25) is 13.3 Å². The fraction of sp³-hybridized carbons (Fsp3) is 0.386. The fourth-order valence-corrected chi connectivity index (χ4v) is 23.9. The Morgan fingerprint density at radius 2 is 1.02 bits per heavy atom. The average molecular weight is 1060 g/mol. The molecule has 0 saturated heterocycles. The second-order valence-corrected chi connectivity index (χ2v) is 29.4. The zero-order valence-corrected chi connectivity index (χ0v) is 41.6. The van der Waals surface area contributed by atoms with Crippen LogP contribution in [0.1, 0.15) is 110 Å². The number of hydrogen-bond acceptors (Lipinski definition) is 14. The smallest absolute Gasteiger partial charge is 0.351 e. The molecule has 0 saturated carbocycles. The van der Waals surface area contributed by atoms with E-state index in [9.17, 15) is 14.4 Å². The average Bonchev–Trinajstić information content (AvgIpc) is 4.08. The van der Waals surface area contributed by atoms with Crippen LogP contribution in [-0.4, -0.2) is 84.5 Å². The Hall–Kier alpha value is -3.97. The predicted octanol–water partition coefficient (Wildman–Crippen LogP) is 12.1. The van der Waals surface area contributed by atoms with Crippen LogP contribution < -0.4 is 3.71 Å². The van der Waals surface area contributed by atoms with Gasteiger partial charge in [-0.2, -0.15) is 0 Å². The molecule has 0 spiro atoms. The number of pyridine rings is 3. The van der Waals surface area contributed by atoms with Crippen LogP contribution in [0.5, 0.6) is 0 Å². The number of hydrogen-bond donors (Lipinski definition) is 1. The first-order valence-electron chi connectivity index (χ1n) is 19.9. The van der Waals surface area contributed by atoms with Gasteiger partial charge in [0.1, 0.15) is 30.6 Å². The summed E-state index contributed by atoms with van der Waals surface area (Å²) in [6.07, 6.45) is 13.6. The molecule has 0 aromatic carbocycles. The summed E-state index contributed by atoms with van der Waals surface area (Å²) < 4.78 is 16.4. The van der Waals surface area contributed by atoms with Gasteiger partial charge in [0.15, 0.2) is 0 Å². The van der Waals surface area contributed by atoms with Crippen molar-refractivity contribution in [3.63, 3.8) is 0 Å². The van der Waals surface area contributed by atoms with Gasteiger partial charge in [0.25, 0.3) is 0 Å². The minimum atomic E-state index is -2.21. The molecule has 0 bridgehead atoms. The Labute approximate surface area is 384 Å². The molecule has 0 amide bonds. The van der Waals surface area contributed by atoms with Crippen LogP contribution in [-0.2, 0) is 9.47 Å². The van der Waals surface area contributed by atoms with E-state index in [-0.39, 0.29) is 24.2 Å². The van der Waals surface area contributed by atoms with E-state index in [0.717, 1.165) is 11.3 Å². The number of thiazole rings is 3. The molecule has 6 rings (SSSR count). The van der Waals surface area contributed by atoms with Gasteiger partial charge >= 0.3 is 142 Å². The quantitative estimate of drug-likeness (QED) is 0.0679. The summed E-state index contributed by atoms with van der Waals surface area (Å²) in [7, 11) is 0. The fourth-order valence-electron chi connectivity index (χ4n) is 5.90. The maximum atomic E-state index is 11.6. The first-order valence-corrected chi connectivity index (χ1v) is 30.8. The normalized spacial score (nSPS) is 10.3. The van der Waals surface area contributed by atoms with E-state index in [0.29, 0.717) is 50.3 Å². The second-order valence-electron chi connectivity index (χ2n) is 13.0. The van der Waals surface area contributed by atoms with Gasteiger partial charge in [0, 0.05) is 12.4 Å². The van der Waals surface area contributed by atoms with Gasteiger partial charge < -0.3 is 14.6 Å². The molecule has 0 aliphatic rings. The van der Waals surface area contributed by atoms with Crippen molar-refractivity contribution >= 4 is 89.9 Å². The van der Waals surface area contributed by atoms with Crippen LogP contribution in [0.25, 0.3) is 22.8 Å². The summed E-state index contributed by atoms with van der Waals surface area (Å²) >= 11 is 4.56. The van der Waals surface area contributed by atoms with Gasteiger partial charge in [-0.15, -0.1) is 34.0 Å². The van der Waals surface area contributed by atoms with Crippen molar-refractivity contribution < 1.29 is 29.0 Å². The standard InChI is InChI=1S/C11H10N2O2S.C9H6N2O2S.C6H6BrNO2S.C5H4N.3C4H9.CH4.Sn/c1-2-15-11(14)10-9(13-7-16-10)8-5-3-4-6-12-8;12-9(13)8-7(11-5-14-8)6-3-1-2-4-10-6;1-2-10-6(9)4-5(7)8-3-11-4;1-2-4-6-5-3-1;3*1-3-4-2;;/h3-7H,2H2,1H3;1-5H,(H,12,13);3H,2H2,1H3;1-4H;3*1,3-4H2,2H3;1H4;. The Morgan fingerprint density at radius 3 is 1.41 bits per heavy atom. The number of nitrogens with zero attached hydrogens (tertiary/aromatic N) is 6. The molecule has 17 heteroatoms. The number of aromatic nitrogens is 6. The SMILES string of the molecule is C.CCC[CH2][Sn]([CH2]CCC)([CH2]CCC)[c]1ccccn1.CCOC(=O)c1scnc1-c1ccccn1.CCOC(=O)c1scnc1Br.O=C(O)c1scnc1-c1ccccn1. The third kappa shape index (κ3) is 17.4. The zero-order valence-electron chi connectivity index (χ0n) is 34.7. The first kappa shape index (κ1) is 53.2. The number of rotatable bonds is 17.